The highest BCUT2D eigenvalue weighted by molar-refractivity contribution is 9.10. The molecule has 0 heterocycles. The van der Waals surface area contributed by atoms with Gasteiger partial charge in [-0.15, -0.1) is 0 Å². The average molecular weight is 340 g/mol. The topological polar surface area (TPSA) is 93.4 Å². The molecule has 0 saturated heterocycles. The minimum absolute atomic E-state index is 0.00376. The van der Waals surface area contributed by atoms with E-state index in [1.807, 2.05) is 6.07 Å². The molecule has 0 radical (unpaired) electrons. The number of nitriles is 1. The van der Waals surface area contributed by atoms with Crippen molar-refractivity contribution >= 4 is 33.6 Å². The number of carbonyl (C=O) groups is 2. The van der Waals surface area contributed by atoms with Crippen LogP contribution in [0.5, 0.6) is 0 Å². The van der Waals surface area contributed by atoms with Crippen LogP contribution in [0.15, 0.2) is 22.7 Å². The number of urea groups is 1. The van der Waals surface area contributed by atoms with E-state index in [0.29, 0.717) is 17.6 Å². The number of benzene rings is 1. The molecule has 0 saturated carbocycles. The molecule has 6 nitrogen and oxygen atoms in total. The van der Waals surface area contributed by atoms with Gasteiger partial charge in [0, 0.05) is 17.6 Å². The van der Waals surface area contributed by atoms with E-state index in [2.05, 4.69) is 21.2 Å². The Morgan fingerprint density at radius 1 is 1.50 bits per heavy atom. The number of anilines is 1. The molecule has 7 heteroatoms. The van der Waals surface area contributed by atoms with Gasteiger partial charge >= 0.3 is 12.0 Å². The summed E-state index contributed by atoms with van der Waals surface area (Å²) < 4.78 is 0.488. The zero-order valence-electron chi connectivity index (χ0n) is 10.9. The fourth-order valence-electron chi connectivity index (χ4n) is 1.60. The highest BCUT2D eigenvalue weighted by atomic mass is 79.9. The largest absolute Gasteiger partial charge is 0.478 e. The molecule has 1 rings (SSSR count). The zero-order valence-corrected chi connectivity index (χ0v) is 12.5. The van der Waals surface area contributed by atoms with Gasteiger partial charge in [0.05, 0.1) is 23.7 Å². The average Bonchev–Trinajstić information content (AvgIpc) is 2.41. The number of hydrogen-bond donors (Lipinski definition) is 2. The molecule has 0 aliphatic heterocycles. The van der Waals surface area contributed by atoms with Crippen LogP contribution in [-0.2, 0) is 0 Å². The molecular weight excluding hydrogens is 326 g/mol. The monoisotopic (exact) mass is 339 g/mol. The summed E-state index contributed by atoms with van der Waals surface area (Å²) in [6.45, 7) is 2.52. The number of carboxylic acids is 1. The van der Waals surface area contributed by atoms with Crippen molar-refractivity contribution in [2.24, 2.45) is 0 Å². The van der Waals surface area contributed by atoms with E-state index < -0.39 is 12.0 Å². The SMILES string of the molecule is CCN(CCC#N)C(=O)Nc1c(Br)cccc1C(=O)O. The van der Waals surface area contributed by atoms with Crippen molar-refractivity contribution < 1.29 is 14.7 Å². The van der Waals surface area contributed by atoms with Gasteiger partial charge in [-0.3, -0.25) is 0 Å². The van der Waals surface area contributed by atoms with Crippen LogP contribution >= 0.6 is 15.9 Å². The Morgan fingerprint density at radius 3 is 2.75 bits per heavy atom. The second kappa shape index (κ2) is 7.50. The zero-order chi connectivity index (χ0) is 15.1. The number of carbonyl (C=O) groups excluding carboxylic acids is 1. The van der Waals surface area contributed by atoms with E-state index in [1.54, 1.807) is 19.1 Å². The molecule has 0 unspecified atom stereocenters. The van der Waals surface area contributed by atoms with Gasteiger partial charge in [-0.2, -0.15) is 5.26 Å². The lowest BCUT2D eigenvalue weighted by molar-refractivity contribution is 0.0698. The van der Waals surface area contributed by atoms with Gasteiger partial charge in [0.2, 0.25) is 0 Å². The summed E-state index contributed by atoms with van der Waals surface area (Å²) in [7, 11) is 0. The van der Waals surface area contributed by atoms with Gasteiger partial charge in [-0.25, -0.2) is 9.59 Å². The van der Waals surface area contributed by atoms with Crippen LogP contribution in [0.3, 0.4) is 0 Å². The highest BCUT2D eigenvalue weighted by Crippen LogP contribution is 2.26. The van der Waals surface area contributed by atoms with Crippen LogP contribution in [0.2, 0.25) is 0 Å². The van der Waals surface area contributed by atoms with Crippen LogP contribution in [0.25, 0.3) is 0 Å². The summed E-state index contributed by atoms with van der Waals surface area (Å²) in [4.78, 5) is 24.6. The maximum absolute atomic E-state index is 12.1. The quantitative estimate of drug-likeness (QED) is 0.862. The van der Waals surface area contributed by atoms with E-state index in [-0.39, 0.29) is 17.7 Å². The number of para-hydroxylation sites is 1. The number of amides is 2. The molecular formula is C13H14BrN3O3. The lowest BCUT2D eigenvalue weighted by Gasteiger charge is -2.21. The third-order valence-corrected chi connectivity index (χ3v) is 3.30. The van der Waals surface area contributed by atoms with Crippen molar-refractivity contribution in [3.8, 4) is 6.07 Å². The van der Waals surface area contributed by atoms with E-state index in [1.165, 1.54) is 11.0 Å². The number of nitrogens with one attached hydrogen (secondary N) is 1. The van der Waals surface area contributed by atoms with Crippen molar-refractivity contribution in [2.75, 3.05) is 18.4 Å². The predicted octanol–water partition coefficient (Wildman–Crippen LogP) is 2.91. The fraction of sp³-hybridized carbons (Fsp3) is 0.308. The molecule has 0 atom stereocenters. The van der Waals surface area contributed by atoms with Gasteiger partial charge in [-0.1, -0.05) is 6.07 Å². The number of rotatable bonds is 5. The standard InChI is InChI=1S/C13H14BrN3O3/c1-2-17(8-4-7-15)13(20)16-11-9(12(18)19)5-3-6-10(11)14/h3,5-6H,2,4,8H2,1H3,(H,16,20)(H,18,19). The Balaban J connectivity index is 2.95. The smallest absolute Gasteiger partial charge is 0.337 e. The second-order valence-electron chi connectivity index (χ2n) is 3.89. The number of hydrogen-bond acceptors (Lipinski definition) is 3. The van der Waals surface area contributed by atoms with Crippen LogP contribution < -0.4 is 5.32 Å². The van der Waals surface area contributed by atoms with Crippen molar-refractivity contribution in [3.63, 3.8) is 0 Å². The summed E-state index contributed by atoms with van der Waals surface area (Å²) in [5.41, 5.74) is 0.212. The number of aromatic carboxylic acids is 1. The Hall–Kier alpha value is -2.07. The summed E-state index contributed by atoms with van der Waals surface area (Å²) in [5.74, 6) is -1.12. The normalized spacial score (nSPS) is 9.65. The van der Waals surface area contributed by atoms with Crippen molar-refractivity contribution in [1.29, 1.82) is 5.26 Å². The van der Waals surface area contributed by atoms with Crippen LogP contribution in [-0.4, -0.2) is 35.1 Å². The van der Waals surface area contributed by atoms with Crippen molar-refractivity contribution in [2.45, 2.75) is 13.3 Å². The third kappa shape index (κ3) is 3.96. The Morgan fingerprint density at radius 2 is 2.20 bits per heavy atom. The molecule has 0 fully saturated rings. The highest BCUT2D eigenvalue weighted by Gasteiger charge is 2.18. The number of halogens is 1. The van der Waals surface area contributed by atoms with E-state index in [4.69, 9.17) is 10.4 Å². The van der Waals surface area contributed by atoms with Gasteiger partial charge in [0.1, 0.15) is 0 Å². The fourth-order valence-corrected chi connectivity index (χ4v) is 2.07. The molecule has 0 aliphatic rings. The third-order valence-electron chi connectivity index (χ3n) is 2.64. The van der Waals surface area contributed by atoms with Gasteiger partial charge < -0.3 is 15.3 Å². The summed E-state index contributed by atoms with van der Waals surface area (Å²) in [6.07, 6.45) is 0.225. The summed E-state index contributed by atoms with van der Waals surface area (Å²) in [6, 6.07) is 6.17. The Labute approximate surface area is 125 Å². The van der Waals surface area contributed by atoms with E-state index in [9.17, 15) is 9.59 Å². The minimum atomic E-state index is -1.12. The molecule has 1 aromatic rings. The molecule has 2 N–H and O–H groups in total. The Kier molecular flexibility index (Phi) is 6.00. The second-order valence-corrected chi connectivity index (χ2v) is 4.74. The summed E-state index contributed by atoms with van der Waals surface area (Å²) >= 11 is 3.22. The van der Waals surface area contributed by atoms with Crippen LogP contribution in [0.1, 0.15) is 23.7 Å². The first-order valence-corrected chi connectivity index (χ1v) is 6.75. The first-order valence-electron chi connectivity index (χ1n) is 5.96. The van der Waals surface area contributed by atoms with Crippen molar-refractivity contribution in [1.82, 2.24) is 4.90 Å². The van der Waals surface area contributed by atoms with Gasteiger partial charge in [0.15, 0.2) is 0 Å². The van der Waals surface area contributed by atoms with Crippen LogP contribution in [0.4, 0.5) is 10.5 Å². The number of nitrogens with zero attached hydrogens (tertiary/aromatic N) is 2. The molecule has 0 aliphatic carbocycles. The summed E-state index contributed by atoms with van der Waals surface area (Å²) in [5, 5.41) is 20.2. The molecule has 0 aromatic heterocycles. The molecule has 106 valence electrons. The predicted molar refractivity (Wildman–Crippen MR) is 77.6 cm³/mol. The minimum Gasteiger partial charge on any atom is -0.478 e. The van der Waals surface area contributed by atoms with E-state index in [0.717, 1.165) is 0 Å². The van der Waals surface area contributed by atoms with Crippen LogP contribution in [0, 0.1) is 11.3 Å². The van der Waals surface area contributed by atoms with E-state index >= 15 is 0 Å². The molecule has 0 spiro atoms. The molecule has 2 amide bonds. The Bertz CT molecular complexity index is 554. The first kappa shape index (κ1) is 16.0. The maximum atomic E-state index is 12.1. The van der Waals surface area contributed by atoms with Crippen molar-refractivity contribution in [3.05, 3.63) is 28.2 Å². The molecule has 20 heavy (non-hydrogen) atoms. The van der Waals surface area contributed by atoms with Gasteiger partial charge in [-0.05, 0) is 35.0 Å². The lowest BCUT2D eigenvalue weighted by atomic mass is 10.2. The lowest BCUT2D eigenvalue weighted by Crippen LogP contribution is -2.35. The number of carboxylic acid groups (broad SMARTS) is 1. The first-order chi connectivity index (χ1) is 9.51. The molecule has 0 bridgehead atoms. The maximum Gasteiger partial charge on any atom is 0.337 e. The van der Waals surface area contributed by atoms with Gasteiger partial charge in [0.25, 0.3) is 0 Å². The molecule has 1 aromatic carbocycles.